The second kappa shape index (κ2) is 4.77. The maximum absolute atomic E-state index is 11.3. The second-order valence-electron chi connectivity index (χ2n) is 4.65. The van der Waals surface area contributed by atoms with Crippen LogP contribution in [0, 0.1) is 19.8 Å². The lowest BCUT2D eigenvalue weighted by molar-refractivity contribution is -0.121. The monoisotopic (exact) mass is 234 g/mol. The van der Waals surface area contributed by atoms with Gasteiger partial charge in [-0.15, -0.1) is 5.10 Å². The summed E-state index contributed by atoms with van der Waals surface area (Å²) in [4.78, 5) is 17.8. The van der Waals surface area contributed by atoms with E-state index in [9.17, 15) is 4.79 Å². The topological polar surface area (TPSA) is 59.0 Å². The van der Waals surface area contributed by atoms with Gasteiger partial charge in [0, 0.05) is 19.0 Å². The van der Waals surface area contributed by atoms with Crippen molar-refractivity contribution in [2.75, 3.05) is 18.0 Å². The lowest BCUT2D eigenvalue weighted by Gasteiger charge is -2.30. The number of anilines is 1. The van der Waals surface area contributed by atoms with Gasteiger partial charge in [0.05, 0.1) is 11.4 Å². The molecule has 0 atom stereocenters. The van der Waals surface area contributed by atoms with Crippen LogP contribution in [0.1, 0.15) is 31.2 Å². The minimum atomic E-state index is 0.214. The molecule has 17 heavy (non-hydrogen) atoms. The van der Waals surface area contributed by atoms with Crippen LogP contribution in [0.15, 0.2) is 0 Å². The van der Waals surface area contributed by atoms with E-state index in [4.69, 9.17) is 0 Å². The fourth-order valence-electron chi connectivity index (χ4n) is 2.07. The van der Waals surface area contributed by atoms with Gasteiger partial charge in [-0.1, -0.05) is 0 Å². The Hall–Kier alpha value is -1.52. The molecule has 92 valence electrons. The third-order valence-corrected chi connectivity index (χ3v) is 3.43. The van der Waals surface area contributed by atoms with Gasteiger partial charge in [-0.05, 0) is 33.6 Å². The summed E-state index contributed by atoms with van der Waals surface area (Å²) in [6, 6.07) is 0. The molecule has 1 aromatic rings. The van der Waals surface area contributed by atoms with Crippen LogP contribution in [0.2, 0.25) is 0 Å². The molecular formula is C12H18N4O. The summed E-state index contributed by atoms with van der Waals surface area (Å²) in [5.41, 5.74) is 1.79. The van der Waals surface area contributed by atoms with Crippen molar-refractivity contribution < 1.29 is 4.79 Å². The smallest absolute Gasteiger partial charge is 0.245 e. The quantitative estimate of drug-likeness (QED) is 0.771. The predicted molar refractivity (Wildman–Crippen MR) is 64.9 cm³/mol. The first-order chi connectivity index (χ1) is 8.08. The van der Waals surface area contributed by atoms with E-state index in [1.807, 2.05) is 13.8 Å². The van der Waals surface area contributed by atoms with Gasteiger partial charge in [-0.3, -0.25) is 4.79 Å². The lowest BCUT2D eigenvalue weighted by Crippen LogP contribution is -2.37. The average molecular weight is 234 g/mol. The highest BCUT2D eigenvalue weighted by Gasteiger charge is 2.24. The molecule has 0 spiro atoms. The van der Waals surface area contributed by atoms with Gasteiger partial charge in [0.1, 0.15) is 5.78 Å². The summed E-state index contributed by atoms with van der Waals surface area (Å²) >= 11 is 0. The molecular weight excluding hydrogens is 216 g/mol. The molecule has 0 aliphatic carbocycles. The number of ketones is 1. The Bertz CT molecular complexity index is 425. The molecule has 0 unspecified atom stereocenters. The van der Waals surface area contributed by atoms with Crippen LogP contribution in [0.4, 0.5) is 5.95 Å². The van der Waals surface area contributed by atoms with Crippen molar-refractivity contribution in [1.29, 1.82) is 0 Å². The number of carbonyl (C=O) groups excluding carboxylic acids is 1. The van der Waals surface area contributed by atoms with Gasteiger partial charge >= 0.3 is 0 Å². The summed E-state index contributed by atoms with van der Waals surface area (Å²) in [6.07, 6.45) is 1.79. The van der Waals surface area contributed by atoms with E-state index in [1.54, 1.807) is 6.92 Å². The maximum atomic E-state index is 11.3. The number of aryl methyl sites for hydroxylation is 2. The summed E-state index contributed by atoms with van der Waals surface area (Å²) in [7, 11) is 0. The molecule has 2 heterocycles. The van der Waals surface area contributed by atoms with E-state index in [0.717, 1.165) is 37.3 Å². The number of nitrogens with zero attached hydrogens (tertiary/aromatic N) is 4. The van der Waals surface area contributed by atoms with Crippen LogP contribution in [-0.2, 0) is 4.79 Å². The van der Waals surface area contributed by atoms with Crippen LogP contribution < -0.4 is 4.90 Å². The number of carbonyl (C=O) groups is 1. The SMILES string of the molecule is CC(=O)C1CCN(c2nnc(C)c(C)n2)CC1. The third-order valence-electron chi connectivity index (χ3n) is 3.43. The standard InChI is InChI=1S/C12H18N4O/c1-8-9(2)14-15-12(13-8)16-6-4-11(5-7-16)10(3)17/h11H,4-7H2,1-3H3. The Kier molecular flexibility index (Phi) is 3.36. The molecule has 0 aromatic carbocycles. The Morgan fingerprint density at radius 3 is 2.35 bits per heavy atom. The highest BCUT2D eigenvalue weighted by molar-refractivity contribution is 5.78. The van der Waals surface area contributed by atoms with Crippen LogP contribution in [0.5, 0.6) is 0 Å². The minimum absolute atomic E-state index is 0.214. The maximum Gasteiger partial charge on any atom is 0.245 e. The van der Waals surface area contributed by atoms with E-state index in [-0.39, 0.29) is 5.92 Å². The Balaban J connectivity index is 2.05. The van der Waals surface area contributed by atoms with Crippen molar-refractivity contribution in [2.45, 2.75) is 33.6 Å². The first-order valence-corrected chi connectivity index (χ1v) is 6.01. The summed E-state index contributed by atoms with van der Waals surface area (Å²) in [6.45, 7) is 7.20. The first-order valence-electron chi connectivity index (χ1n) is 6.01. The summed E-state index contributed by atoms with van der Waals surface area (Å²) in [5.74, 6) is 1.20. The average Bonchev–Trinajstić information content (AvgIpc) is 2.33. The van der Waals surface area contributed by atoms with Crippen molar-refractivity contribution in [3.05, 3.63) is 11.4 Å². The van der Waals surface area contributed by atoms with E-state index >= 15 is 0 Å². The molecule has 0 N–H and O–H groups in total. The minimum Gasteiger partial charge on any atom is -0.339 e. The van der Waals surface area contributed by atoms with Crippen molar-refractivity contribution >= 4 is 11.7 Å². The number of piperidine rings is 1. The molecule has 1 aliphatic rings. The fourth-order valence-corrected chi connectivity index (χ4v) is 2.07. The van der Waals surface area contributed by atoms with Gasteiger partial charge in [0.15, 0.2) is 0 Å². The van der Waals surface area contributed by atoms with Crippen molar-refractivity contribution in [3.63, 3.8) is 0 Å². The van der Waals surface area contributed by atoms with Crippen LogP contribution in [-0.4, -0.2) is 34.1 Å². The lowest BCUT2D eigenvalue weighted by atomic mass is 9.94. The van der Waals surface area contributed by atoms with E-state index < -0.39 is 0 Å². The second-order valence-corrected chi connectivity index (χ2v) is 4.65. The van der Waals surface area contributed by atoms with Crippen LogP contribution in [0.3, 0.4) is 0 Å². The molecule has 0 amide bonds. The molecule has 1 fully saturated rings. The molecule has 1 aromatic heterocycles. The molecule has 0 saturated carbocycles. The Labute approximate surface area is 101 Å². The zero-order valence-corrected chi connectivity index (χ0v) is 10.6. The van der Waals surface area contributed by atoms with Gasteiger partial charge < -0.3 is 4.90 Å². The van der Waals surface area contributed by atoms with Gasteiger partial charge in [-0.25, -0.2) is 4.98 Å². The molecule has 0 bridgehead atoms. The van der Waals surface area contributed by atoms with E-state index in [1.165, 1.54) is 0 Å². The molecule has 0 radical (unpaired) electrons. The molecule has 5 heteroatoms. The number of aromatic nitrogens is 3. The van der Waals surface area contributed by atoms with Crippen LogP contribution >= 0.6 is 0 Å². The highest BCUT2D eigenvalue weighted by Crippen LogP contribution is 2.21. The normalized spacial score (nSPS) is 17.2. The fraction of sp³-hybridized carbons (Fsp3) is 0.667. The number of hydrogen-bond donors (Lipinski definition) is 0. The third kappa shape index (κ3) is 2.60. The molecule has 5 nitrogen and oxygen atoms in total. The molecule has 2 rings (SSSR count). The zero-order chi connectivity index (χ0) is 12.4. The van der Waals surface area contributed by atoms with Gasteiger partial charge in [0.25, 0.3) is 0 Å². The van der Waals surface area contributed by atoms with Crippen molar-refractivity contribution in [1.82, 2.24) is 15.2 Å². The van der Waals surface area contributed by atoms with Crippen LogP contribution in [0.25, 0.3) is 0 Å². The van der Waals surface area contributed by atoms with Gasteiger partial charge in [-0.2, -0.15) is 5.10 Å². The molecule has 1 saturated heterocycles. The van der Waals surface area contributed by atoms with E-state index in [0.29, 0.717) is 11.7 Å². The highest BCUT2D eigenvalue weighted by atomic mass is 16.1. The van der Waals surface area contributed by atoms with Crippen molar-refractivity contribution in [3.8, 4) is 0 Å². The summed E-state index contributed by atoms with van der Waals surface area (Å²) < 4.78 is 0. The number of Topliss-reactive ketones (excluding diaryl/α,β-unsaturated/α-hetero) is 1. The summed E-state index contributed by atoms with van der Waals surface area (Å²) in [5, 5.41) is 8.20. The molecule has 1 aliphatic heterocycles. The first kappa shape index (κ1) is 12.0. The largest absolute Gasteiger partial charge is 0.339 e. The Morgan fingerprint density at radius 2 is 1.82 bits per heavy atom. The predicted octanol–water partition coefficient (Wildman–Crippen LogP) is 1.29. The Morgan fingerprint density at radius 1 is 1.18 bits per heavy atom. The zero-order valence-electron chi connectivity index (χ0n) is 10.6. The number of hydrogen-bond acceptors (Lipinski definition) is 5. The van der Waals surface area contributed by atoms with Crippen molar-refractivity contribution in [2.24, 2.45) is 5.92 Å². The van der Waals surface area contributed by atoms with E-state index in [2.05, 4.69) is 20.1 Å². The van der Waals surface area contributed by atoms with Gasteiger partial charge in [0.2, 0.25) is 5.95 Å². The number of rotatable bonds is 2.